The number of rotatable bonds is 9. The molecule has 1 aliphatic heterocycles. The second-order valence-corrected chi connectivity index (χ2v) is 9.96. The highest BCUT2D eigenvalue weighted by molar-refractivity contribution is 7.89. The number of piperidine rings is 1. The minimum atomic E-state index is -3.71. The van der Waals surface area contributed by atoms with E-state index in [-0.39, 0.29) is 22.9 Å². The average molecular weight is 497 g/mol. The maximum absolute atomic E-state index is 13.2. The fourth-order valence-corrected chi connectivity index (χ4v) is 5.33. The van der Waals surface area contributed by atoms with Gasteiger partial charge in [-0.2, -0.15) is 4.31 Å². The first-order chi connectivity index (χ1) is 17.0. The number of benzene rings is 3. The lowest BCUT2D eigenvalue weighted by Gasteiger charge is -2.26. The van der Waals surface area contributed by atoms with Crippen LogP contribution in [0.2, 0.25) is 0 Å². The molecule has 0 aliphatic carbocycles. The number of carbonyl (C=O) groups is 1. The monoisotopic (exact) mass is 496 g/mol. The van der Waals surface area contributed by atoms with Crippen LogP contribution in [0.1, 0.15) is 19.3 Å². The molecule has 1 heterocycles. The van der Waals surface area contributed by atoms with Gasteiger partial charge in [0.15, 0.2) is 23.9 Å². The number of methoxy groups -OCH3 is 1. The normalized spacial score (nSPS) is 14.2. The molecule has 1 saturated heterocycles. The molecule has 0 saturated carbocycles. The van der Waals surface area contributed by atoms with Crippen molar-refractivity contribution in [3.05, 3.63) is 72.8 Å². The Labute approximate surface area is 205 Å². The Bertz CT molecular complexity index is 1260. The lowest BCUT2D eigenvalue weighted by atomic mass is 10.2. The Morgan fingerprint density at radius 1 is 0.886 bits per heavy atom. The van der Waals surface area contributed by atoms with Gasteiger partial charge < -0.3 is 19.5 Å². The van der Waals surface area contributed by atoms with Crippen LogP contribution in [0.4, 0.5) is 5.69 Å². The number of hydrogen-bond acceptors (Lipinski definition) is 6. The number of anilines is 1. The maximum Gasteiger partial charge on any atom is 0.262 e. The lowest BCUT2D eigenvalue weighted by Crippen LogP contribution is -2.35. The van der Waals surface area contributed by atoms with Crippen LogP contribution in [-0.2, 0) is 14.8 Å². The van der Waals surface area contributed by atoms with Crippen molar-refractivity contribution in [2.75, 3.05) is 32.1 Å². The van der Waals surface area contributed by atoms with Crippen LogP contribution < -0.4 is 19.5 Å². The average Bonchev–Trinajstić information content (AvgIpc) is 2.90. The van der Waals surface area contributed by atoms with E-state index in [4.69, 9.17) is 14.2 Å². The number of para-hydroxylation sites is 3. The first-order valence-electron chi connectivity index (χ1n) is 11.4. The molecule has 35 heavy (non-hydrogen) atoms. The highest BCUT2D eigenvalue weighted by Crippen LogP contribution is 2.37. The van der Waals surface area contributed by atoms with Gasteiger partial charge in [0.1, 0.15) is 5.75 Å². The number of hydrogen-bond donors (Lipinski definition) is 1. The summed E-state index contributed by atoms with van der Waals surface area (Å²) in [6.07, 6.45) is 2.67. The quantitative estimate of drug-likeness (QED) is 0.462. The van der Waals surface area contributed by atoms with E-state index in [1.165, 1.54) is 29.6 Å². The van der Waals surface area contributed by atoms with Crippen molar-refractivity contribution < 1.29 is 27.4 Å². The molecule has 1 fully saturated rings. The van der Waals surface area contributed by atoms with Gasteiger partial charge in [0, 0.05) is 13.1 Å². The van der Waals surface area contributed by atoms with E-state index < -0.39 is 15.9 Å². The van der Waals surface area contributed by atoms with E-state index in [1.54, 1.807) is 42.5 Å². The predicted molar refractivity (Wildman–Crippen MR) is 133 cm³/mol. The predicted octanol–water partition coefficient (Wildman–Crippen LogP) is 4.68. The zero-order chi connectivity index (χ0) is 24.7. The van der Waals surface area contributed by atoms with E-state index in [1.807, 2.05) is 12.1 Å². The molecule has 184 valence electrons. The molecule has 0 aromatic heterocycles. The van der Waals surface area contributed by atoms with Crippen LogP contribution in [0.3, 0.4) is 0 Å². The Morgan fingerprint density at radius 2 is 1.57 bits per heavy atom. The molecule has 4 rings (SSSR count). The smallest absolute Gasteiger partial charge is 0.262 e. The molecule has 9 heteroatoms. The standard InChI is InChI=1S/C26H28N2O6S/c1-32-24-12-6-7-13-25(24)34-23-15-14-21(35(30,31)28-16-8-3-9-17-28)18-22(23)27-26(29)19-33-20-10-4-2-5-11-20/h2,4-7,10-15,18H,3,8-9,16-17,19H2,1H3,(H,27,29). The second kappa shape index (κ2) is 11.2. The van der Waals surface area contributed by atoms with Gasteiger partial charge >= 0.3 is 0 Å². The number of nitrogens with zero attached hydrogens (tertiary/aromatic N) is 1. The molecule has 3 aromatic rings. The number of amides is 1. The third-order valence-corrected chi connectivity index (χ3v) is 7.47. The third-order valence-electron chi connectivity index (χ3n) is 5.58. The van der Waals surface area contributed by atoms with Crippen molar-refractivity contribution in [1.82, 2.24) is 4.31 Å². The van der Waals surface area contributed by atoms with Crippen LogP contribution in [0.5, 0.6) is 23.0 Å². The number of ether oxygens (including phenoxy) is 3. The first-order valence-corrected chi connectivity index (χ1v) is 12.8. The fraction of sp³-hybridized carbons (Fsp3) is 0.269. The van der Waals surface area contributed by atoms with Gasteiger partial charge in [0.05, 0.1) is 17.7 Å². The van der Waals surface area contributed by atoms with E-state index >= 15 is 0 Å². The van der Waals surface area contributed by atoms with Crippen molar-refractivity contribution >= 4 is 21.6 Å². The molecule has 0 radical (unpaired) electrons. The van der Waals surface area contributed by atoms with Gasteiger partial charge in [-0.1, -0.05) is 36.8 Å². The van der Waals surface area contributed by atoms with Gasteiger partial charge in [0.2, 0.25) is 10.0 Å². The summed E-state index contributed by atoms with van der Waals surface area (Å²) < 4.78 is 44.8. The third kappa shape index (κ3) is 6.12. The first kappa shape index (κ1) is 24.6. The Balaban J connectivity index is 1.61. The fourth-order valence-electron chi connectivity index (χ4n) is 3.78. The van der Waals surface area contributed by atoms with E-state index in [2.05, 4.69) is 5.32 Å². The molecular weight excluding hydrogens is 468 g/mol. The van der Waals surface area contributed by atoms with Crippen molar-refractivity contribution in [1.29, 1.82) is 0 Å². The van der Waals surface area contributed by atoms with Gasteiger partial charge in [-0.15, -0.1) is 0 Å². The van der Waals surface area contributed by atoms with E-state index in [0.717, 1.165) is 19.3 Å². The largest absolute Gasteiger partial charge is 0.493 e. The summed E-state index contributed by atoms with van der Waals surface area (Å²) in [5.74, 6) is 1.31. The second-order valence-electron chi connectivity index (χ2n) is 8.03. The van der Waals surface area contributed by atoms with Crippen LogP contribution in [0.25, 0.3) is 0 Å². The minimum Gasteiger partial charge on any atom is -0.493 e. The topological polar surface area (TPSA) is 94.2 Å². The molecule has 1 amide bonds. The van der Waals surface area contributed by atoms with Gasteiger partial charge in [-0.05, 0) is 55.3 Å². The molecule has 0 spiro atoms. The van der Waals surface area contributed by atoms with Gasteiger partial charge in [0.25, 0.3) is 5.91 Å². The zero-order valence-corrected chi connectivity index (χ0v) is 20.3. The van der Waals surface area contributed by atoms with Crippen molar-refractivity contribution in [3.8, 4) is 23.0 Å². The number of nitrogens with one attached hydrogen (secondary N) is 1. The van der Waals surface area contributed by atoms with Crippen molar-refractivity contribution in [2.45, 2.75) is 24.2 Å². The molecule has 0 atom stereocenters. The summed E-state index contributed by atoms with van der Waals surface area (Å²) in [4.78, 5) is 12.8. The molecule has 0 unspecified atom stereocenters. The molecule has 8 nitrogen and oxygen atoms in total. The maximum atomic E-state index is 13.2. The summed E-state index contributed by atoms with van der Waals surface area (Å²) in [6, 6.07) is 20.5. The Morgan fingerprint density at radius 3 is 2.29 bits per heavy atom. The lowest BCUT2D eigenvalue weighted by molar-refractivity contribution is -0.118. The summed E-state index contributed by atoms with van der Waals surface area (Å²) in [5.41, 5.74) is 0.218. The van der Waals surface area contributed by atoms with Crippen molar-refractivity contribution in [2.24, 2.45) is 0 Å². The van der Waals surface area contributed by atoms with E-state index in [0.29, 0.717) is 30.3 Å². The molecule has 3 aromatic carbocycles. The van der Waals surface area contributed by atoms with Crippen LogP contribution in [0, 0.1) is 0 Å². The molecular formula is C26H28N2O6S. The minimum absolute atomic E-state index is 0.0889. The Kier molecular flexibility index (Phi) is 7.89. The molecule has 1 aliphatic rings. The summed E-state index contributed by atoms with van der Waals surface area (Å²) in [6.45, 7) is 0.712. The number of sulfonamides is 1. The van der Waals surface area contributed by atoms with Crippen LogP contribution in [0.15, 0.2) is 77.7 Å². The molecule has 1 N–H and O–H groups in total. The summed E-state index contributed by atoms with van der Waals surface area (Å²) in [5, 5.41) is 2.74. The highest BCUT2D eigenvalue weighted by atomic mass is 32.2. The highest BCUT2D eigenvalue weighted by Gasteiger charge is 2.27. The summed E-state index contributed by atoms with van der Waals surface area (Å²) in [7, 11) is -2.18. The van der Waals surface area contributed by atoms with Crippen LogP contribution in [-0.4, -0.2) is 45.4 Å². The number of carbonyl (C=O) groups excluding carboxylic acids is 1. The van der Waals surface area contributed by atoms with Crippen molar-refractivity contribution in [3.63, 3.8) is 0 Å². The Hall–Kier alpha value is -3.56. The van der Waals surface area contributed by atoms with Gasteiger partial charge in [-0.25, -0.2) is 8.42 Å². The van der Waals surface area contributed by atoms with Crippen LogP contribution >= 0.6 is 0 Å². The molecule has 0 bridgehead atoms. The van der Waals surface area contributed by atoms with Gasteiger partial charge in [-0.3, -0.25) is 4.79 Å². The van der Waals surface area contributed by atoms with E-state index in [9.17, 15) is 13.2 Å². The summed E-state index contributed by atoms with van der Waals surface area (Å²) >= 11 is 0. The SMILES string of the molecule is COc1ccccc1Oc1ccc(S(=O)(=O)N2CCCCC2)cc1NC(=O)COc1ccccc1. The zero-order valence-electron chi connectivity index (χ0n) is 19.5.